The second-order valence-electron chi connectivity index (χ2n) is 6.71. The first-order chi connectivity index (χ1) is 14.5. The van der Waals surface area contributed by atoms with Gasteiger partial charge in [0.05, 0.1) is 11.3 Å². The number of benzene rings is 3. The standard InChI is InChI=1S/C24H16ClN3O2/c1-15-6-11-22-21(12-15)28-24(30-22)19-4-2-3-5-20(19)27-23(29)17(14-26)13-16-7-9-18(25)10-8-16/h2-13H,1H3,(H,27,29). The lowest BCUT2D eigenvalue weighted by molar-refractivity contribution is -0.112. The normalized spacial score (nSPS) is 11.3. The van der Waals surface area contributed by atoms with Gasteiger partial charge in [-0.05, 0) is 60.5 Å². The van der Waals surface area contributed by atoms with Crippen LogP contribution in [-0.2, 0) is 4.79 Å². The molecule has 0 aliphatic carbocycles. The van der Waals surface area contributed by atoms with Gasteiger partial charge in [0.1, 0.15) is 17.2 Å². The summed E-state index contributed by atoms with van der Waals surface area (Å²) in [5.74, 6) is -0.126. The topological polar surface area (TPSA) is 78.9 Å². The van der Waals surface area contributed by atoms with Gasteiger partial charge in [-0.1, -0.05) is 41.9 Å². The summed E-state index contributed by atoms with van der Waals surface area (Å²) in [4.78, 5) is 17.3. The largest absolute Gasteiger partial charge is 0.436 e. The van der Waals surface area contributed by atoms with Crippen LogP contribution in [0.15, 0.2) is 76.7 Å². The van der Waals surface area contributed by atoms with Crippen molar-refractivity contribution in [2.45, 2.75) is 6.92 Å². The Morgan fingerprint density at radius 2 is 1.90 bits per heavy atom. The summed E-state index contributed by atoms with van der Waals surface area (Å²) in [5.41, 5.74) is 4.29. The number of nitriles is 1. The van der Waals surface area contributed by atoms with Crippen molar-refractivity contribution in [1.29, 1.82) is 5.26 Å². The van der Waals surface area contributed by atoms with E-state index in [1.807, 2.05) is 43.3 Å². The van der Waals surface area contributed by atoms with Crippen LogP contribution in [-0.4, -0.2) is 10.9 Å². The number of amides is 1. The van der Waals surface area contributed by atoms with Crippen molar-refractivity contribution < 1.29 is 9.21 Å². The van der Waals surface area contributed by atoms with Gasteiger partial charge in [0, 0.05) is 5.02 Å². The van der Waals surface area contributed by atoms with Crippen LogP contribution in [0.5, 0.6) is 0 Å². The van der Waals surface area contributed by atoms with E-state index in [0.29, 0.717) is 33.3 Å². The Bertz CT molecular complexity index is 1310. The number of nitrogens with one attached hydrogen (secondary N) is 1. The first-order valence-corrected chi connectivity index (χ1v) is 9.56. The van der Waals surface area contributed by atoms with E-state index in [-0.39, 0.29) is 5.57 Å². The molecule has 5 nitrogen and oxygen atoms in total. The fourth-order valence-corrected chi connectivity index (χ4v) is 3.12. The molecule has 146 valence electrons. The number of hydrogen-bond acceptors (Lipinski definition) is 4. The SMILES string of the molecule is Cc1ccc2oc(-c3ccccc3NC(=O)C(C#N)=Cc3ccc(Cl)cc3)nc2c1. The van der Waals surface area contributed by atoms with Gasteiger partial charge in [-0.2, -0.15) is 5.26 Å². The second-order valence-corrected chi connectivity index (χ2v) is 7.15. The maximum Gasteiger partial charge on any atom is 0.266 e. The van der Waals surface area contributed by atoms with E-state index in [2.05, 4.69) is 10.3 Å². The van der Waals surface area contributed by atoms with Gasteiger partial charge < -0.3 is 9.73 Å². The number of rotatable bonds is 4. The zero-order valence-corrected chi connectivity index (χ0v) is 16.8. The number of oxazole rings is 1. The Balaban J connectivity index is 1.65. The third kappa shape index (κ3) is 4.09. The fraction of sp³-hybridized carbons (Fsp3) is 0.0417. The molecule has 0 saturated heterocycles. The third-order valence-corrected chi connectivity index (χ3v) is 4.75. The minimum absolute atomic E-state index is 0.0275. The predicted octanol–water partition coefficient (Wildman–Crippen LogP) is 6.00. The molecular formula is C24H16ClN3O2. The third-order valence-electron chi connectivity index (χ3n) is 4.49. The summed E-state index contributed by atoms with van der Waals surface area (Å²) in [6, 6.07) is 21.7. The molecule has 1 amide bonds. The number of nitrogens with zero attached hydrogens (tertiary/aromatic N) is 2. The van der Waals surface area contributed by atoms with Gasteiger partial charge in [-0.15, -0.1) is 0 Å². The van der Waals surface area contributed by atoms with Gasteiger partial charge in [0.2, 0.25) is 5.89 Å². The Morgan fingerprint density at radius 1 is 1.13 bits per heavy atom. The predicted molar refractivity (Wildman–Crippen MR) is 118 cm³/mol. The van der Waals surface area contributed by atoms with Crippen LogP contribution in [0.25, 0.3) is 28.6 Å². The Hall–Kier alpha value is -3.88. The molecule has 0 unspecified atom stereocenters. The summed E-state index contributed by atoms with van der Waals surface area (Å²) >= 11 is 5.89. The molecule has 1 aromatic heterocycles. The molecule has 0 bridgehead atoms. The number of anilines is 1. The molecule has 0 radical (unpaired) electrons. The van der Waals surface area contributed by atoms with Crippen molar-refractivity contribution in [3.05, 3.63) is 88.5 Å². The molecule has 0 fully saturated rings. The van der Waals surface area contributed by atoms with Gasteiger partial charge in [-0.3, -0.25) is 4.79 Å². The summed E-state index contributed by atoms with van der Waals surface area (Å²) in [7, 11) is 0. The van der Waals surface area contributed by atoms with Gasteiger partial charge in [0.15, 0.2) is 5.58 Å². The lowest BCUT2D eigenvalue weighted by atomic mass is 10.1. The maximum absolute atomic E-state index is 12.7. The second kappa shape index (κ2) is 8.24. The average molecular weight is 414 g/mol. The lowest BCUT2D eigenvalue weighted by Crippen LogP contribution is -2.14. The molecule has 4 aromatic rings. The van der Waals surface area contributed by atoms with Crippen molar-refractivity contribution >= 4 is 40.4 Å². The molecule has 0 aliphatic heterocycles. The average Bonchev–Trinajstić information content (AvgIpc) is 3.16. The minimum Gasteiger partial charge on any atom is -0.436 e. The van der Waals surface area contributed by atoms with Gasteiger partial charge in [-0.25, -0.2) is 4.98 Å². The smallest absolute Gasteiger partial charge is 0.266 e. The Morgan fingerprint density at radius 3 is 2.67 bits per heavy atom. The highest BCUT2D eigenvalue weighted by Gasteiger charge is 2.16. The molecular weight excluding hydrogens is 398 g/mol. The summed E-state index contributed by atoms with van der Waals surface area (Å²) in [6.07, 6.45) is 1.51. The zero-order chi connectivity index (χ0) is 21.1. The van der Waals surface area contributed by atoms with Crippen molar-refractivity contribution in [3.63, 3.8) is 0 Å². The number of hydrogen-bond donors (Lipinski definition) is 1. The number of para-hydroxylation sites is 1. The molecule has 0 saturated carbocycles. The molecule has 1 N–H and O–H groups in total. The molecule has 0 spiro atoms. The van der Waals surface area contributed by atoms with Crippen molar-refractivity contribution in [1.82, 2.24) is 4.98 Å². The molecule has 0 aliphatic rings. The van der Waals surface area contributed by atoms with E-state index >= 15 is 0 Å². The van der Waals surface area contributed by atoms with Crippen LogP contribution in [0.4, 0.5) is 5.69 Å². The highest BCUT2D eigenvalue weighted by Crippen LogP contribution is 2.30. The number of halogens is 1. The van der Waals surface area contributed by atoms with Crippen LogP contribution in [0, 0.1) is 18.3 Å². The zero-order valence-electron chi connectivity index (χ0n) is 16.0. The quantitative estimate of drug-likeness (QED) is 0.328. The number of aryl methyl sites for hydroxylation is 1. The Kier molecular flexibility index (Phi) is 5.34. The molecule has 4 rings (SSSR count). The van der Waals surface area contributed by atoms with Crippen molar-refractivity contribution in [2.75, 3.05) is 5.32 Å². The number of carbonyl (C=O) groups excluding carboxylic acids is 1. The maximum atomic E-state index is 12.7. The van der Waals surface area contributed by atoms with E-state index in [1.54, 1.807) is 36.4 Å². The molecule has 0 atom stereocenters. The van der Waals surface area contributed by atoms with E-state index in [0.717, 1.165) is 11.1 Å². The lowest BCUT2D eigenvalue weighted by Gasteiger charge is -2.08. The van der Waals surface area contributed by atoms with Crippen LogP contribution in [0.3, 0.4) is 0 Å². The van der Waals surface area contributed by atoms with E-state index < -0.39 is 5.91 Å². The highest BCUT2D eigenvalue weighted by atomic mass is 35.5. The number of aromatic nitrogens is 1. The van der Waals surface area contributed by atoms with Crippen molar-refractivity contribution in [2.24, 2.45) is 0 Å². The molecule has 30 heavy (non-hydrogen) atoms. The van der Waals surface area contributed by atoms with Gasteiger partial charge in [0.25, 0.3) is 5.91 Å². The van der Waals surface area contributed by atoms with Crippen LogP contribution >= 0.6 is 11.6 Å². The Labute approximate surface area is 178 Å². The van der Waals surface area contributed by atoms with E-state index in [9.17, 15) is 10.1 Å². The fourth-order valence-electron chi connectivity index (χ4n) is 3.00. The molecule has 1 heterocycles. The number of carbonyl (C=O) groups is 1. The van der Waals surface area contributed by atoms with E-state index in [4.69, 9.17) is 16.0 Å². The monoisotopic (exact) mass is 413 g/mol. The van der Waals surface area contributed by atoms with E-state index in [1.165, 1.54) is 6.08 Å². The van der Waals surface area contributed by atoms with Crippen LogP contribution in [0.2, 0.25) is 5.02 Å². The summed E-state index contributed by atoms with van der Waals surface area (Å²) in [6.45, 7) is 1.98. The van der Waals surface area contributed by atoms with Crippen molar-refractivity contribution in [3.8, 4) is 17.5 Å². The summed E-state index contributed by atoms with van der Waals surface area (Å²) < 4.78 is 5.87. The first-order valence-electron chi connectivity index (χ1n) is 9.19. The molecule has 3 aromatic carbocycles. The highest BCUT2D eigenvalue weighted by molar-refractivity contribution is 6.30. The number of fused-ring (bicyclic) bond motifs is 1. The van der Waals surface area contributed by atoms with Gasteiger partial charge >= 0.3 is 0 Å². The molecule has 6 heteroatoms. The summed E-state index contributed by atoms with van der Waals surface area (Å²) in [5, 5.41) is 12.8. The van der Waals surface area contributed by atoms with Crippen LogP contribution in [0.1, 0.15) is 11.1 Å². The minimum atomic E-state index is -0.521. The van der Waals surface area contributed by atoms with Crippen LogP contribution < -0.4 is 5.32 Å². The first kappa shape index (κ1) is 19.4.